The standard InChI is InChI=1S/C14H12ClN3OS/c15-12-6-4-11(5-7-12)9-17-18-13(19)10-20-14-3-1-2-8-16-14/h1-9H,10H2,(H,18,19). The van der Waals surface area contributed by atoms with E-state index in [4.69, 9.17) is 11.6 Å². The molecular formula is C14H12ClN3OS. The first-order chi connectivity index (χ1) is 9.74. The van der Waals surface area contributed by atoms with Crippen molar-refractivity contribution in [2.45, 2.75) is 5.03 Å². The van der Waals surface area contributed by atoms with Crippen LogP contribution in [-0.2, 0) is 4.79 Å². The van der Waals surface area contributed by atoms with Crippen LogP contribution in [0.5, 0.6) is 0 Å². The quantitative estimate of drug-likeness (QED) is 0.525. The van der Waals surface area contributed by atoms with Gasteiger partial charge in [-0.25, -0.2) is 10.4 Å². The highest BCUT2D eigenvalue weighted by molar-refractivity contribution is 7.99. The number of aromatic nitrogens is 1. The van der Waals surface area contributed by atoms with Crippen molar-refractivity contribution >= 4 is 35.5 Å². The fraction of sp³-hybridized carbons (Fsp3) is 0.0714. The van der Waals surface area contributed by atoms with Crippen LogP contribution in [0, 0.1) is 0 Å². The van der Waals surface area contributed by atoms with Gasteiger partial charge < -0.3 is 0 Å². The average Bonchev–Trinajstić information content (AvgIpc) is 2.48. The van der Waals surface area contributed by atoms with Crippen molar-refractivity contribution in [3.63, 3.8) is 0 Å². The van der Waals surface area contributed by atoms with E-state index in [0.717, 1.165) is 10.6 Å². The zero-order valence-corrected chi connectivity index (χ0v) is 12.1. The van der Waals surface area contributed by atoms with Crippen LogP contribution in [0.4, 0.5) is 0 Å². The number of carbonyl (C=O) groups excluding carboxylic acids is 1. The van der Waals surface area contributed by atoms with Gasteiger partial charge in [-0.15, -0.1) is 0 Å². The Morgan fingerprint density at radius 3 is 2.80 bits per heavy atom. The molecule has 1 amide bonds. The molecule has 1 N–H and O–H groups in total. The van der Waals surface area contributed by atoms with Crippen molar-refractivity contribution in [1.29, 1.82) is 0 Å². The normalized spacial score (nSPS) is 10.7. The molecule has 0 aliphatic rings. The summed E-state index contributed by atoms with van der Waals surface area (Å²) < 4.78 is 0. The Kier molecular flexibility index (Phi) is 5.58. The number of pyridine rings is 1. The molecule has 0 fully saturated rings. The van der Waals surface area contributed by atoms with Crippen LogP contribution in [-0.4, -0.2) is 22.9 Å². The second kappa shape index (κ2) is 7.67. The smallest absolute Gasteiger partial charge is 0.250 e. The van der Waals surface area contributed by atoms with Crippen LogP contribution >= 0.6 is 23.4 Å². The molecule has 102 valence electrons. The molecule has 1 heterocycles. The molecule has 1 aromatic heterocycles. The van der Waals surface area contributed by atoms with Gasteiger partial charge >= 0.3 is 0 Å². The summed E-state index contributed by atoms with van der Waals surface area (Å²) in [6, 6.07) is 12.7. The van der Waals surface area contributed by atoms with Crippen molar-refractivity contribution < 1.29 is 4.79 Å². The zero-order chi connectivity index (χ0) is 14.2. The lowest BCUT2D eigenvalue weighted by Crippen LogP contribution is -2.19. The van der Waals surface area contributed by atoms with E-state index < -0.39 is 0 Å². The molecule has 2 aromatic rings. The van der Waals surface area contributed by atoms with Crippen molar-refractivity contribution in [2.24, 2.45) is 5.10 Å². The largest absolute Gasteiger partial charge is 0.272 e. The van der Waals surface area contributed by atoms with E-state index in [0.29, 0.717) is 5.02 Å². The van der Waals surface area contributed by atoms with E-state index in [2.05, 4.69) is 15.5 Å². The highest BCUT2D eigenvalue weighted by Gasteiger charge is 2.01. The predicted molar refractivity (Wildman–Crippen MR) is 82.1 cm³/mol. The number of benzene rings is 1. The van der Waals surface area contributed by atoms with E-state index in [1.807, 2.05) is 30.3 Å². The average molecular weight is 306 g/mol. The maximum Gasteiger partial charge on any atom is 0.250 e. The van der Waals surface area contributed by atoms with Crippen LogP contribution in [0.2, 0.25) is 5.02 Å². The summed E-state index contributed by atoms with van der Waals surface area (Å²) in [7, 11) is 0. The van der Waals surface area contributed by atoms with Crippen LogP contribution in [0.15, 0.2) is 58.8 Å². The van der Waals surface area contributed by atoms with Gasteiger partial charge in [0, 0.05) is 11.2 Å². The summed E-state index contributed by atoms with van der Waals surface area (Å²) in [5, 5.41) is 5.36. The molecule has 0 unspecified atom stereocenters. The first kappa shape index (κ1) is 14.6. The topological polar surface area (TPSA) is 54.4 Å². The number of nitrogens with zero attached hydrogens (tertiary/aromatic N) is 2. The Balaban J connectivity index is 1.76. The Bertz CT molecular complexity index is 587. The molecule has 1 aromatic carbocycles. The molecular weight excluding hydrogens is 294 g/mol. The molecule has 6 heteroatoms. The van der Waals surface area contributed by atoms with E-state index in [1.165, 1.54) is 11.8 Å². The van der Waals surface area contributed by atoms with Crippen molar-refractivity contribution in [3.8, 4) is 0 Å². The lowest BCUT2D eigenvalue weighted by atomic mass is 10.2. The van der Waals surface area contributed by atoms with Gasteiger partial charge in [0.05, 0.1) is 17.0 Å². The molecule has 0 spiro atoms. The predicted octanol–water partition coefficient (Wildman–Crippen LogP) is 2.98. The second-order valence-corrected chi connectivity index (χ2v) is 5.23. The highest BCUT2D eigenvalue weighted by atomic mass is 35.5. The number of amides is 1. The second-order valence-electron chi connectivity index (χ2n) is 3.80. The third-order valence-electron chi connectivity index (χ3n) is 2.26. The number of rotatable bonds is 5. The molecule has 4 nitrogen and oxygen atoms in total. The minimum absolute atomic E-state index is 0.175. The molecule has 0 aliphatic carbocycles. The lowest BCUT2D eigenvalue weighted by Gasteiger charge is -1.99. The fourth-order valence-corrected chi connectivity index (χ4v) is 2.11. The molecule has 2 rings (SSSR count). The fourth-order valence-electron chi connectivity index (χ4n) is 1.33. The molecule has 0 aliphatic heterocycles. The number of hydrogen-bond donors (Lipinski definition) is 1. The molecule has 0 saturated heterocycles. The van der Waals surface area contributed by atoms with E-state index in [1.54, 1.807) is 24.5 Å². The SMILES string of the molecule is O=C(CSc1ccccn1)NN=Cc1ccc(Cl)cc1. The highest BCUT2D eigenvalue weighted by Crippen LogP contribution is 2.13. The van der Waals surface area contributed by atoms with Crippen LogP contribution in [0.3, 0.4) is 0 Å². The van der Waals surface area contributed by atoms with E-state index in [9.17, 15) is 4.79 Å². The number of nitrogens with one attached hydrogen (secondary N) is 1. The van der Waals surface area contributed by atoms with Crippen LogP contribution in [0.1, 0.15) is 5.56 Å². The van der Waals surface area contributed by atoms with Crippen molar-refractivity contribution in [3.05, 3.63) is 59.2 Å². The third-order valence-corrected chi connectivity index (χ3v) is 3.46. The zero-order valence-electron chi connectivity index (χ0n) is 10.5. The van der Waals surface area contributed by atoms with Gasteiger partial charge in [-0.05, 0) is 29.8 Å². The Labute approximate surface area is 126 Å². The third kappa shape index (κ3) is 5.03. The first-order valence-corrected chi connectivity index (χ1v) is 7.22. The number of halogens is 1. The summed E-state index contributed by atoms with van der Waals surface area (Å²) >= 11 is 7.13. The van der Waals surface area contributed by atoms with Gasteiger partial charge in [0.15, 0.2) is 0 Å². The lowest BCUT2D eigenvalue weighted by molar-refractivity contribution is -0.118. The van der Waals surface area contributed by atoms with Gasteiger partial charge in [0.25, 0.3) is 0 Å². The molecule has 0 radical (unpaired) electrons. The molecule has 0 atom stereocenters. The van der Waals surface area contributed by atoms with Gasteiger partial charge in [-0.2, -0.15) is 5.10 Å². The van der Waals surface area contributed by atoms with Gasteiger partial charge in [-0.3, -0.25) is 4.79 Å². The van der Waals surface area contributed by atoms with Gasteiger partial charge in [-0.1, -0.05) is 41.6 Å². The summed E-state index contributed by atoms with van der Waals surface area (Å²) in [6.45, 7) is 0. The summed E-state index contributed by atoms with van der Waals surface area (Å²) in [5.41, 5.74) is 3.33. The monoisotopic (exact) mass is 305 g/mol. The van der Waals surface area contributed by atoms with Gasteiger partial charge in [0.1, 0.15) is 0 Å². The Hall–Kier alpha value is -1.85. The van der Waals surface area contributed by atoms with Crippen molar-refractivity contribution in [1.82, 2.24) is 10.4 Å². The van der Waals surface area contributed by atoms with Crippen LogP contribution in [0.25, 0.3) is 0 Å². The number of thioether (sulfide) groups is 1. The van der Waals surface area contributed by atoms with Gasteiger partial charge in [0.2, 0.25) is 5.91 Å². The van der Waals surface area contributed by atoms with Crippen LogP contribution < -0.4 is 5.43 Å². The summed E-state index contributed by atoms with van der Waals surface area (Å²) in [4.78, 5) is 15.7. The molecule has 0 saturated carbocycles. The number of hydrogen-bond acceptors (Lipinski definition) is 4. The van der Waals surface area contributed by atoms with Crippen molar-refractivity contribution in [2.75, 3.05) is 5.75 Å². The summed E-state index contributed by atoms with van der Waals surface area (Å²) in [6.07, 6.45) is 3.26. The maximum atomic E-state index is 11.6. The first-order valence-electron chi connectivity index (χ1n) is 5.85. The molecule has 20 heavy (non-hydrogen) atoms. The Morgan fingerprint density at radius 2 is 2.10 bits per heavy atom. The summed E-state index contributed by atoms with van der Waals surface area (Å²) in [5.74, 6) is 0.0977. The number of carbonyl (C=O) groups is 1. The van der Waals surface area contributed by atoms with E-state index in [-0.39, 0.29) is 11.7 Å². The molecule has 0 bridgehead atoms. The Morgan fingerprint density at radius 1 is 1.30 bits per heavy atom. The number of hydrazone groups is 1. The minimum Gasteiger partial charge on any atom is -0.272 e. The van der Waals surface area contributed by atoms with E-state index >= 15 is 0 Å². The maximum absolute atomic E-state index is 11.6. The minimum atomic E-state index is -0.175.